The van der Waals surface area contributed by atoms with Crippen molar-refractivity contribution in [2.24, 2.45) is 5.92 Å². The molecular formula is C15H20N2S. The van der Waals surface area contributed by atoms with E-state index >= 15 is 0 Å². The van der Waals surface area contributed by atoms with E-state index in [0.717, 1.165) is 35.1 Å². The van der Waals surface area contributed by atoms with Crippen LogP contribution in [0.4, 0.5) is 0 Å². The number of nitriles is 1. The third-order valence-electron chi connectivity index (χ3n) is 3.46. The predicted molar refractivity (Wildman–Crippen MR) is 75.8 cm³/mol. The summed E-state index contributed by atoms with van der Waals surface area (Å²) in [5.41, 5.74) is 3.29. The van der Waals surface area contributed by atoms with Gasteiger partial charge in [-0.2, -0.15) is 5.26 Å². The molecule has 0 amide bonds. The minimum atomic E-state index is 0.726. The van der Waals surface area contributed by atoms with Gasteiger partial charge in [0.15, 0.2) is 0 Å². The normalized spacial score (nSPS) is 18.2. The maximum atomic E-state index is 9.24. The maximum absolute atomic E-state index is 9.24. The summed E-state index contributed by atoms with van der Waals surface area (Å²) in [7, 11) is 0. The number of aromatic nitrogens is 1. The van der Waals surface area contributed by atoms with Gasteiger partial charge in [0, 0.05) is 5.69 Å². The molecule has 0 radical (unpaired) electrons. The molecule has 18 heavy (non-hydrogen) atoms. The number of pyridine rings is 1. The van der Waals surface area contributed by atoms with Crippen LogP contribution in [0.15, 0.2) is 11.1 Å². The first-order chi connectivity index (χ1) is 8.74. The molecule has 0 aromatic carbocycles. The molecule has 1 aromatic rings. The van der Waals surface area contributed by atoms with Crippen molar-refractivity contribution in [3.63, 3.8) is 0 Å². The van der Waals surface area contributed by atoms with Gasteiger partial charge in [0.05, 0.1) is 5.56 Å². The zero-order valence-corrected chi connectivity index (χ0v) is 12.0. The van der Waals surface area contributed by atoms with Gasteiger partial charge in [0.2, 0.25) is 0 Å². The largest absolute Gasteiger partial charge is 0.245 e. The molecule has 2 rings (SSSR count). The second kappa shape index (κ2) is 6.24. The summed E-state index contributed by atoms with van der Waals surface area (Å²) in [6.07, 6.45) is 5.76. The lowest BCUT2D eigenvalue weighted by Gasteiger charge is -2.21. The van der Waals surface area contributed by atoms with Crippen LogP contribution in [-0.2, 0) is 12.8 Å². The van der Waals surface area contributed by atoms with Crippen molar-refractivity contribution < 1.29 is 0 Å². The highest BCUT2D eigenvalue weighted by atomic mass is 32.2. The summed E-state index contributed by atoms with van der Waals surface area (Å²) in [5, 5.41) is 10.2. The van der Waals surface area contributed by atoms with Crippen LogP contribution in [0.25, 0.3) is 0 Å². The lowest BCUT2D eigenvalue weighted by molar-refractivity contribution is 0.491. The van der Waals surface area contributed by atoms with Crippen molar-refractivity contribution in [1.29, 1.82) is 5.26 Å². The van der Waals surface area contributed by atoms with Gasteiger partial charge < -0.3 is 0 Å². The van der Waals surface area contributed by atoms with Gasteiger partial charge in [0.1, 0.15) is 11.1 Å². The molecule has 0 spiro atoms. The second-order valence-electron chi connectivity index (χ2n) is 5.11. The van der Waals surface area contributed by atoms with E-state index in [4.69, 9.17) is 4.98 Å². The van der Waals surface area contributed by atoms with Crippen LogP contribution in [0.2, 0.25) is 0 Å². The van der Waals surface area contributed by atoms with E-state index in [1.54, 1.807) is 11.8 Å². The molecule has 0 fully saturated rings. The molecule has 0 saturated carbocycles. The predicted octanol–water partition coefficient (Wildman–Crippen LogP) is 3.97. The minimum absolute atomic E-state index is 0.726. The fourth-order valence-electron chi connectivity index (χ4n) is 2.33. The van der Waals surface area contributed by atoms with Gasteiger partial charge >= 0.3 is 0 Å². The van der Waals surface area contributed by atoms with Crippen LogP contribution in [0.5, 0.6) is 0 Å². The SMILES string of the molecule is CCCCSc1nc2c(cc1C#N)CC(C)CC2. The van der Waals surface area contributed by atoms with Crippen LogP contribution in [-0.4, -0.2) is 10.7 Å². The average molecular weight is 260 g/mol. The highest BCUT2D eigenvalue weighted by Crippen LogP contribution is 2.29. The minimum Gasteiger partial charge on any atom is -0.245 e. The first-order valence-corrected chi connectivity index (χ1v) is 7.78. The fourth-order valence-corrected chi connectivity index (χ4v) is 3.39. The van der Waals surface area contributed by atoms with E-state index in [0.29, 0.717) is 0 Å². The van der Waals surface area contributed by atoms with E-state index in [1.165, 1.54) is 30.5 Å². The van der Waals surface area contributed by atoms with Crippen molar-refractivity contribution in [3.8, 4) is 6.07 Å². The van der Waals surface area contributed by atoms with Crippen molar-refractivity contribution >= 4 is 11.8 Å². The number of fused-ring (bicyclic) bond motifs is 1. The molecule has 2 nitrogen and oxygen atoms in total. The van der Waals surface area contributed by atoms with E-state index in [2.05, 4.69) is 26.0 Å². The lowest BCUT2D eigenvalue weighted by Crippen LogP contribution is -2.14. The lowest BCUT2D eigenvalue weighted by atomic mass is 9.87. The van der Waals surface area contributed by atoms with Crippen molar-refractivity contribution in [1.82, 2.24) is 4.98 Å². The van der Waals surface area contributed by atoms with Gasteiger partial charge in [-0.25, -0.2) is 4.98 Å². The summed E-state index contributed by atoms with van der Waals surface area (Å²) in [4.78, 5) is 4.73. The first-order valence-electron chi connectivity index (χ1n) is 6.80. The smallest absolute Gasteiger partial charge is 0.114 e. The first kappa shape index (κ1) is 13.4. The Balaban J connectivity index is 2.22. The molecule has 0 bridgehead atoms. The highest BCUT2D eigenvalue weighted by molar-refractivity contribution is 7.99. The molecule has 0 aliphatic heterocycles. The van der Waals surface area contributed by atoms with Gasteiger partial charge in [-0.05, 0) is 49.0 Å². The standard InChI is InChI=1S/C15H20N2S/c1-3-4-7-18-15-13(10-16)9-12-8-11(2)5-6-14(12)17-15/h9,11H,3-8H2,1-2H3. The van der Waals surface area contributed by atoms with E-state index < -0.39 is 0 Å². The number of thioether (sulfide) groups is 1. The topological polar surface area (TPSA) is 36.7 Å². The fraction of sp³-hybridized carbons (Fsp3) is 0.600. The van der Waals surface area contributed by atoms with Gasteiger partial charge in [-0.1, -0.05) is 20.3 Å². The Morgan fingerprint density at radius 3 is 3.11 bits per heavy atom. The maximum Gasteiger partial charge on any atom is 0.114 e. The zero-order chi connectivity index (χ0) is 13.0. The number of nitrogens with zero attached hydrogens (tertiary/aromatic N) is 2. The Labute approximate surface area is 114 Å². The van der Waals surface area contributed by atoms with Crippen LogP contribution in [0.1, 0.15) is 49.9 Å². The number of hydrogen-bond donors (Lipinski definition) is 0. The van der Waals surface area contributed by atoms with Crippen molar-refractivity contribution in [2.75, 3.05) is 5.75 Å². The highest BCUT2D eigenvalue weighted by Gasteiger charge is 2.19. The molecule has 96 valence electrons. The van der Waals surface area contributed by atoms with E-state index in [9.17, 15) is 5.26 Å². The Hall–Kier alpha value is -1.01. The Kier molecular flexibility index (Phi) is 4.66. The third-order valence-corrected chi connectivity index (χ3v) is 4.53. The van der Waals surface area contributed by atoms with Crippen molar-refractivity contribution in [3.05, 3.63) is 22.9 Å². The second-order valence-corrected chi connectivity index (χ2v) is 6.19. The summed E-state index contributed by atoms with van der Waals surface area (Å²) in [6.45, 7) is 4.46. The van der Waals surface area contributed by atoms with Crippen LogP contribution in [0.3, 0.4) is 0 Å². The van der Waals surface area contributed by atoms with Crippen LogP contribution < -0.4 is 0 Å². The molecule has 1 aliphatic rings. The Morgan fingerprint density at radius 2 is 2.39 bits per heavy atom. The molecule has 0 N–H and O–H groups in total. The molecule has 1 heterocycles. The molecule has 1 aliphatic carbocycles. The number of rotatable bonds is 4. The Bertz CT molecular complexity index is 462. The van der Waals surface area contributed by atoms with Gasteiger partial charge in [-0.15, -0.1) is 11.8 Å². The zero-order valence-electron chi connectivity index (χ0n) is 11.2. The molecule has 3 heteroatoms. The third kappa shape index (κ3) is 3.05. The van der Waals surface area contributed by atoms with Gasteiger partial charge in [-0.3, -0.25) is 0 Å². The van der Waals surface area contributed by atoms with Crippen LogP contribution >= 0.6 is 11.8 Å². The number of hydrogen-bond acceptors (Lipinski definition) is 3. The monoisotopic (exact) mass is 260 g/mol. The van der Waals surface area contributed by atoms with Crippen molar-refractivity contribution in [2.45, 2.75) is 51.0 Å². The molecule has 1 unspecified atom stereocenters. The molecule has 1 atom stereocenters. The van der Waals surface area contributed by atoms with Crippen LogP contribution in [0, 0.1) is 17.2 Å². The summed E-state index contributed by atoms with van der Waals surface area (Å²) in [6, 6.07) is 4.38. The molecular weight excluding hydrogens is 240 g/mol. The Morgan fingerprint density at radius 1 is 1.56 bits per heavy atom. The average Bonchev–Trinajstić information content (AvgIpc) is 2.38. The summed E-state index contributed by atoms with van der Waals surface area (Å²) in [5.74, 6) is 1.79. The number of unbranched alkanes of at least 4 members (excludes halogenated alkanes) is 1. The van der Waals surface area contributed by atoms with E-state index in [-0.39, 0.29) is 0 Å². The van der Waals surface area contributed by atoms with E-state index in [1.807, 2.05) is 0 Å². The quantitative estimate of drug-likeness (QED) is 0.607. The molecule has 0 saturated heterocycles. The number of aryl methyl sites for hydroxylation is 1. The summed E-state index contributed by atoms with van der Waals surface area (Å²) < 4.78 is 0. The summed E-state index contributed by atoms with van der Waals surface area (Å²) >= 11 is 1.74. The molecule has 1 aromatic heterocycles. The van der Waals surface area contributed by atoms with Gasteiger partial charge in [0.25, 0.3) is 0 Å².